The van der Waals surface area contributed by atoms with Crippen molar-refractivity contribution in [3.63, 3.8) is 0 Å². The minimum absolute atomic E-state index is 0.235. The molecule has 0 saturated heterocycles. The van der Waals surface area contributed by atoms with Crippen molar-refractivity contribution in [2.24, 2.45) is 0 Å². The molecular formula is C22H19N5O2. The minimum atomic E-state index is -0.692. The third-order valence-electron chi connectivity index (χ3n) is 4.38. The monoisotopic (exact) mass is 385 g/mol. The Morgan fingerprint density at radius 3 is 2.59 bits per heavy atom. The minimum Gasteiger partial charge on any atom is -0.481 e. The van der Waals surface area contributed by atoms with Gasteiger partial charge in [0.05, 0.1) is 5.69 Å². The molecule has 0 bridgehead atoms. The van der Waals surface area contributed by atoms with Crippen LogP contribution in [0, 0.1) is 0 Å². The Bertz CT molecular complexity index is 1100. The van der Waals surface area contributed by atoms with Crippen LogP contribution in [-0.2, 0) is 4.79 Å². The molecule has 0 spiro atoms. The van der Waals surface area contributed by atoms with Crippen molar-refractivity contribution in [3.8, 4) is 22.6 Å². The molecule has 1 unspecified atom stereocenters. The first-order valence-electron chi connectivity index (χ1n) is 9.16. The number of amides is 1. The molecule has 3 aromatic carbocycles. The lowest BCUT2D eigenvalue weighted by molar-refractivity contribution is -0.122. The maximum Gasteiger partial charge on any atom is 0.265 e. The van der Waals surface area contributed by atoms with Gasteiger partial charge in [0.2, 0.25) is 0 Å². The first-order chi connectivity index (χ1) is 14.2. The van der Waals surface area contributed by atoms with E-state index in [1.165, 1.54) is 11.0 Å². The number of hydrogen-bond donors (Lipinski definition) is 1. The molecule has 1 aromatic heterocycles. The van der Waals surface area contributed by atoms with E-state index in [1.54, 1.807) is 19.1 Å². The van der Waals surface area contributed by atoms with Crippen LogP contribution in [0.3, 0.4) is 0 Å². The second-order valence-electron chi connectivity index (χ2n) is 6.41. The number of carbonyl (C=O) groups is 1. The van der Waals surface area contributed by atoms with Crippen LogP contribution < -0.4 is 10.1 Å². The van der Waals surface area contributed by atoms with E-state index in [4.69, 9.17) is 4.74 Å². The van der Waals surface area contributed by atoms with Gasteiger partial charge in [-0.1, -0.05) is 54.6 Å². The first-order valence-corrected chi connectivity index (χ1v) is 9.16. The summed E-state index contributed by atoms with van der Waals surface area (Å²) in [6.45, 7) is 1.71. The number of tetrazole rings is 1. The van der Waals surface area contributed by atoms with E-state index in [9.17, 15) is 4.79 Å². The fraction of sp³-hybridized carbons (Fsp3) is 0.0909. The Kier molecular flexibility index (Phi) is 5.29. The zero-order chi connectivity index (χ0) is 20.1. The Morgan fingerprint density at radius 2 is 1.79 bits per heavy atom. The number of aromatic nitrogens is 4. The van der Waals surface area contributed by atoms with Gasteiger partial charge in [-0.25, -0.2) is 4.68 Å². The predicted molar refractivity (Wildman–Crippen MR) is 110 cm³/mol. The van der Waals surface area contributed by atoms with Crippen LogP contribution in [0.2, 0.25) is 0 Å². The first kappa shape index (κ1) is 18.4. The van der Waals surface area contributed by atoms with Crippen molar-refractivity contribution in [3.05, 3.63) is 85.2 Å². The SMILES string of the molecule is CC(Oc1cccc(-n2cnnn2)c1)C(=O)Nc1ccccc1-c1ccccc1. The van der Waals surface area contributed by atoms with E-state index in [2.05, 4.69) is 20.8 Å². The molecule has 0 saturated carbocycles. The van der Waals surface area contributed by atoms with Crippen molar-refractivity contribution in [2.75, 3.05) is 5.32 Å². The topological polar surface area (TPSA) is 81.9 Å². The van der Waals surface area contributed by atoms with Crippen molar-refractivity contribution in [2.45, 2.75) is 13.0 Å². The normalized spacial score (nSPS) is 11.6. The zero-order valence-corrected chi connectivity index (χ0v) is 15.8. The number of ether oxygens (including phenoxy) is 1. The molecule has 1 atom stereocenters. The summed E-state index contributed by atoms with van der Waals surface area (Å²) in [6.07, 6.45) is 0.804. The highest BCUT2D eigenvalue weighted by molar-refractivity contribution is 5.98. The fourth-order valence-corrected chi connectivity index (χ4v) is 2.93. The van der Waals surface area contributed by atoms with Gasteiger partial charge in [-0.2, -0.15) is 0 Å². The summed E-state index contributed by atoms with van der Waals surface area (Å²) in [5, 5.41) is 14.1. The third kappa shape index (κ3) is 4.30. The molecule has 0 aliphatic rings. The molecular weight excluding hydrogens is 366 g/mol. The summed E-state index contributed by atoms with van der Waals surface area (Å²) in [5.41, 5.74) is 3.47. The van der Waals surface area contributed by atoms with Gasteiger partial charge in [-0.05, 0) is 41.1 Å². The number of para-hydroxylation sites is 1. The van der Waals surface area contributed by atoms with Crippen molar-refractivity contribution in [1.82, 2.24) is 20.2 Å². The van der Waals surface area contributed by atoms with Crippen molar-refractivity contribution in [1.29, 1.82) is 0 Å². The van der Waals surface area contributed by atoms with Crippen LogP contribution >= 0.6 is 0 Å². The maximum atomic E-state index is 12.7. The third-order valence-corrected chi connectivity index (χ3v) is 4.38. The van der Waals surface area contributed by atoms with Gasteiger partial charge in [-0.15, -0.1) is 5.10 Å². The molecule has 1 N–H and O–H groups in total. The predicted octanol–water partition coefficient (Wildman–Crippen LogP) is 3.74. The van der Waals surface area contributed by atoms with E-state index >= 15 is 0 Å². The lowest BCUT2D eigenvalue weighted by Gasteiger charge is -2.17. The zero-order valence-electron chi connectivity index (χ0n) is 15.8. The number of nitrogens with one attached hydrogen (secondary N) is 1. The number of anilines is 1. The van der Waals surface area contributed by atoms with E-state index in [1.807, 2.05) is 66.7 Å². The largest absolute Gasteiger partial charge is 0.481 e. The van der Waals surface area contributed by atoms with Crippen LogP contribution in [0.15, 0.2) is 85.2 Å². The molecule has 29 heavy (non-hydrogen) atoms. The van der Waals surface area contributed by atoms with E-state index in [-0.39, 0.29) is 5.91 Å². The molecule has 0 aliphatic carbocycles. The number of nitrogens with zero attached hydrogens (tertiary/aromatic N) is 4. The highest BCUT2D eigenvalue weighted by Crippen LogP contribution is 2.28. The Balaban J connectivity index is 1.48. The second-order valence-corrected chi connectivity index (χ2v) is 6.41. The average Bonchev–Trinajstić information content (AvgIpc) is 3.30. The quantitative estimate of drug-likeness (QED) is 0.547. The van der Waals surface area contributed by atoms with Crippen LogP contribution in [0.25, 0.3) is 16.8 Å². The summed E-state index contributed by atoms with van der Waals surface area (Å²) in [7, 11) is 0. The molecule has 0 fully saturated rings. The molecule has 7 nitrogen and oxygen atoms in total. The highest BCUT2D eigenvalue weighted by atomic mass is 16.5. The maximum absolute atomic E-state index is 12.7. The number of rotatable bonds is 6. The molecule has 0 radical (unpaired) electrons. The molecule has 7 heteroatoms. The van der Waals surface area contributed by atoms with Crippen LogP contribution in [-0.4, -0.2) is 32.2 Å². The summed E-state index contributed by atoms with van der Waals surface area (Å²) >= 11 is 0. The summed E-state index contributed by atoms with van der Waals surface area (Å²) < 4.78 is 7.36. The van der Waals surface area contributed by atoms with Crippen LogP contribution in [0.1, 0.15) is 6.92 Å². The van der Waals surface area contributed by atoms with Gasteiger partial charge in [0.1, 0.15) is 12.1 Å². The van der Waals surface area contributed by atoms with E-state index in [0.717, 1.165) is 22.5 Å². The highest BCUT2D eigenvalue weighted by Gasteiger charge is 2.17. The van der Waals surface area contributed by atoms with Crippen LogP contribution in [0.5, 0.6) is 5.75 Å². The summed E-state index contributed by atoms with van der Waals surface area (Å²) in [5.74, 6) is 0.318. The van der Waals surface area contributed by atoms with Crippen molar-refractivity contribution < 1.29 is 9.53 Å². The Morgan fingerprint density at radius 1 is 1.00 bits per heavy atom. The van der Waals surface area contributed by atoms with Gasteiger partial charge < -0.3 is 10.1 Å². The number of benzene rings is 3. The molecule has 4 aromatic rings. The van der Waals surface area contributed by atoms with Gasteiger partial charge in [0.25, 0.3) is 5.91 Å². The molecule has 1 heterocycles. The lowest BCUT2D eigenvalue weighted by Crippen LogP contribution is -2.30. The molecule has 144 valence electrons. The van der Waals surface area contributed by atoms with Gasteiger partial charge in [0.15, 0.2) is 6.10 Å². The van der Waals surface area contributed by atoms with Crippen molar-refractivity contribution >= 4 is 11.6 Å². The summed E-state index contributed by atoms with van der Waals surface area (Å²) in [6, 6.07) is 24.9. The summed E-state index contributed by atoms with van der Waals surface area (Å²) in [4.78, 5) is 12.7. The molecule has 1 amide bonds. The van der Waals surface area contributed by atoms with Crippen LogP contribution in [0.4, 0.5) is 5.69 Å². The van der Waals surface area contributed by atoms with E-state index < -0.39 is 6.10 Å². The Labute approximate surface area is 168 Å². The average molecular weight is 385 g/mol. The molecule has 0 aliphatic heterocycles. The van der Waals surface area contributed by atoms with Gasteiger partial charge in [-0.3, -0.25) is 4.79 Å². The standard InChI is InChI=1S/C22H19N5O2/c1-16(29-19-11-7-10-18(14-19)27-15-23-25-26-27)22(28)24-21-13-6-5-12-20(21)17-8-3-2-4-9-17/h2-16H,1H3,(H,24,28). The number of hydrogen-bond acceptors (Lipinski definition) is 5. The second kappa shape index (κ2) is 8.35. The number of carbonyl (C=O) groups excluding carboxylic acids is 1. The van der Waals surface area contributed by atoms with Gasteiger partial charge >= 0.3 is 0 Å². The molecule has 4 rings (SSSR count). The smallest absolute Gasteiger partial charge is 0.265 e. The fourth-order valence-electron chi connectivity index (χ4n) is 2.93. The van der Waals surface area contributed by atoms with Gasteiger partial charge in [0, 0.05) is 17.3 Å². The van der Waals surface area contributed by atoms with E-state index in [0.29, 0.717) is 5.75 Å². The lowest BCUT2D eigenvalue weighted by atomic mass is 10.0. The Hall–Kier alpha value is -4.00.